The number of amides is 2. The molecule has 0 atom stereocenters. The van der Waals surface area contributed by atoms with Gasteiger partial charge < -0.3 is 10.6 Å². The lowest BCUT2D eigenvalue weighted by atomic mass is 9.98. The van der Waals surface area contributed by atoms with Gasteiger partial charge >= 0.3 is 0 Å². The van der Waals surface area contributed by atoms with Crippen molar-refractivity contribution >= 4 is 11.8 Å². The number of carbonyl (C=O) groups excluding carboxylic acids is 2. The Bertz CT molecular complexity index is 654. The van der Waals surface area contributed by atoms with E-state index < -0.39 is 6.04 Å². The van der Waals surface area contributed by atoms with Crippen LogP contribution in [0, 0.1) is 11.6 Å². The normalized spacial score (nSPS) is 10.5. The first-order valence-corrected chi connectivity index (χ1v) is 7.50. The summed E-state index contributed by atoms with van der Waals surface area (Å²) in [5.41, 5.74) is 1.35. The Balaban J connectivity index is 2.16. The summed E-state index contributed by atoms with van der Waals surface area (Å²) in [7, 11) is 0. The van der Waals surface area contributed by atoms with Crippen LogP contribution in [0.4, 0.5) is 8.78 Å². The van der Waals surface area contributed by atoms with Crippen LogP contribution >= 0.6 is 0 Å². The van der Waals surface area contributed by atoms with Crippen molar-refractivity contribution in [3.8, 4) is 0 Å². The van der Waals surface area contributed by atoms with Gasteiger partial charge in [-0.1, -0.05) is 24.3 Å². The summed E-state index contributed by atoms with van der Waals surface area (Å²) < 4.78 is 26.3. The molecular weight excluding hydrogens is 314 g/mol. The van der Waals surface area contributed by atoms with Crippen molar-refractivity contribution in [1.29, 1.82) is 0 Å². The van der Waals surface area contributed by atoms with Crippen molar-refractivity contribution in [2.45, 2.75) is 19.4 Å². The Morgan fingerprint density at radius 1 is 0.917 bits per heavy atom. The zero-order valence-corrected chi connectivity index (χ0v) is 13.2. The van der Waals surface area contributed by atoms with E-state index >= 15 is 0 Å². The van der Waals surface area contributed by atoms with E-state index in [9.17, 15) is 18.4 Å². The number of rotatable bonds is 6. The molecule has 0 aromatic heterocycles. The predicted molar refractivity (Wildman–Crippen MR) is 86.1 cm³/mol. The Morgan fingerprint density at radius 3 is 1.79 bits per heavy atom. The van der Waals surface area contributed by atoms with E-state index in [2.05, 4.69) is 10.6 Å². The lowest BCUT2D eigenvalue weighted by Gasteiger charge is -2.20. The SMILES string of the molecule is CC(=O)NCCC(=O)NC(c1ccc(F)cc1)c1ccc(F)cc1. The van der Waals surface area contributed by atoms with Gasteiger partial charge in [0.15, 0.2) is 0 Å². The van der Waals surface area contributed by atoms with Crippen molar-refractivity contribution in [1.82, 2.24) is 10.6 Å². The van der Waals surface area contributed by atoms with Gasteiger partial charge in [0, 0.05) is 19.9 Å². The molecule has 0 heterocycles. The summed E-state index contributed by atoms with van der Waals surface area (Å²) >= 11 is 0. The van der Waals surface area contributed by atoms with Crippen LogP contribution in [-0.2, 0) is 9.59 Å². The van der Waals surface area contributed by atoms with Crippen LogP contribution < -0.4 is 10.6 Å². The van der Waals surface area contributed by atoms with E-state index in [1.54, 1.807) is 24.3 Å². The van der Waals surface area contributed by atoms with Crippen molar-refractivity contribution < 1.29 is 18.4 Å². The highest BCUT2D eigenvalue weighted by Crippen LogP contribution is 2.23. The predicted octanol–water partition coefficient (Wildman–Crippen LogP) is 2.70. The third-order valence-electron chi connectivity index (χ3n) is 3.44. The summed E-state index contributed by atoms with van der Waals surface area (Å²) in [5.74, 6) is -1.25. The van der Waals surface area contributed by atoms with E-state index in [1.165, 1.54) is 31.2 Å². The van der Waals surface area contributed by atoms with Crippen molar-refractivity contribution in [2.75, 3.05) is 6.54 Å². The number of hydrogen-bond acceptors (Lipinski definition) is 2. The second kappa shape index (κ2) is 8.19. The summed E-state index contributed by atoms with van der Waals surface area (Å²) in [5, 5.41) is 5.37. The van der Waals surface area contributed by atoms with E-state index in [0.717, 1.165) is 0 Å². The van der Waals surface area contributed by atoms with Crippen LogP contribution in [0.15, 0.2) is 48.5 Å². The van der Waals surface area contributed by atoms with Gasteiger partial charge in [0.05, 0.1) is 6.04 Å². The second-order valence-corrected chi connectivity index (χ2v) is 5.34. The Labute approximate surface area is 138 Å². The minimum absolute atomic E-state index is 0.110. The quantitative estimate of drug-likeness (QED) is 0.854. The summed E-state index contributed by atoms with van der Waals surface area (Å²) in [6, 6.07) is 10.9. The van der Waals surface area contributed by atoms with Crippen LogP contribution in [0.25, 0.3) is 0 Å². The molecule has 2 aromatic carbocycles. The number of benzene rings is 2. The Hall–Kier alpha value is -2.76. The van der Waals surface area contributed by atoms with Crippen LogP contribution in [0.5, 0.6) is 0 Å². The van der Waals surface area contributed by atoms with Gasteiger partial charge in [0.25, 0.3) is 0 Å². The first-order chi connectivity index (χ1) is 11.5. The fourth-order valence-electron chi connectivity index (χ4n) is 2.25. The third-order valence-corrected chi connectivity index (χ3v) is 3.44. The van der Waals surface area contributed by atoms with Gasteiger partial charge in [-0.05, 0) is 35.4 Å². The van der Waals surface area contributed by atoms with E-state index in [1.807, 2.05) is 0 Å². The molecule has 0 aliphatic heterocycles. The highest BCUT2D eigenvalue weighted by molar-refractivity contribution is 5.78. The van der Waals surface area contributed by atoms with E-state index in [4.69, 9.17) is 0 Å². The molecule has 2 aromatic rings. The van der Waals surface area contributed by atoms with Crippen molar-refractivity contribution in [2.24, 2.45) is 0 Å². The highest BCUT2D eigenvalue weighted by Gasteiger charge is 2.17. The summed E-state index contributed by atoms with van der Waals surface area (Å²) in [6.45, 7) is 1.60. The number of hydrogen-bond donors (Lipinski definition) is 2. The second-order valence-electron chi connectivity index (χ2n) is 5.34. The average Bonchev–Trinajstić information content (AvgIpc) is 2.54. The van der Waals surface area contributed by atoms with Gasteiger partial charge in [-0.3, -0.25) is 9.59 Å². The topological polar surface area (TPSA) is 58.2 Å². The smallest absolute Gasteiger partial charge is 0.222 e. The summed E-state index contributed by atoms with van der Waals surface area (Å²) in [4.78, 5) is 22.9. The monoisotopic (exact) mass is 332 g/mol. The van der Waals surface area contributed by atoms with Crippen molar-refractivity contribution in [3.05, 3.63) is 71.3 Å². The maximum absolute atomic E-state index is 13.1. The minimum atomic E-state index is -0.531. The van der Waals surface area contributed by atoms with Gasteiger partial charge in [-0.25, -0.2) is 8.78 Å². The van der Waals surface area contributed by atoms with Gasteiger partial charge in [0.2, 0.25) is 11.8 Å². The number of carbonyl (C=O) groups is 2. The fraction of sp³-hybridized carbons (Fsp3) is 0.222. The molecule has 126 valence electrons. The summed E-state index contributed by atoms with van der Waals surface area (Å²) in [6.07, 6.45) is 0.110. The molecule has 0 saturated carbocycles. The molecular formula is C18H18F2N2O2. The molecule has 2 N–H and O–H groups in total. The lowest BCUT2D eigenvalue weighted by Crippen LogP contribution is -2.32. The molecule has 0 unspecified atom stereocenters. The zero-order valence-electron chi connectivity index (χ0n) is 13.2. The molecule has 6 heteroatoms. The molecule has 0 aliphatic carbocycles. The van der Waals surface area contributed by atoms with E-state index in [-0.39, 0.29) is 36.4 Å². The van der Waals surface area contributed by atoms with Crippen molar-refractivity contribution in [3.63, 3.8) is 0 Å². The minimum Gasteiger partial charge on any atom is -0.356 e. The van der Waals surface area contributed by atoms with Crippen LogP contribution in [-0.4, -0.2) is 18.4 Å². The molecule has 0 bridgehead atoms. The third kappa shape index (κ3) is 5.15. The number of halogens is 2. The first-order valence-electron chi connectivity index (χ1n) is 7.50. The van der Waals surface area contributed by atoms with E-state index in [0.29, 0.717) is 11.1 Å². The van der Waals surface area contributed by atoms with Gasteiger partial charge in [-0.2, -0.15) is 0 Å². The zero-order chi connectivity index (χ0) is 17.5. The Kier molecular flexibility index (Phi) is 6.01. The molecule has 0 radical (unpaired) electrons. The van der Waals surface area contributed by atoms with Gasteiger partial charge in [-0.15, -0.1) is 0 Å². The maximum atomic E-state index is 13.1. The standard InChI is InChI=1S/C18H18F2N2O2/c1-12(23)21-11-10-17(24)22-18(13-2-6-15(19)7-3-13)14-4-8-16(20)9-5-14/h2-9,18H,10-11H2,1H3,(H,21,23)(H,22,24). The molecule has 0 saturated heterocycles. The van der Waals surface area contributed by atoms with Gasteiger partial charge in [0.1, 0.15) is 11.6 Å². The molecule has 2 amide bonds. The fourth-order valence-corrected chi connectivity index (χ4v) is 2.25. The molecule has 24 heavy (non-hydrogen) atoms. The molecule has 0 fully saturated rings. The molecule has 2 rings (SSSR count). The highest BCUT2D eigenvalue weighted by atomic mass is 19.1. The lowest BCUT2D eigenvalue weighted by molar-refractivity contribution is -0.122. The van der Waals surface area contributed by atoms with Crippen LogP contribution in [0.1, 0.15) is 30.5 Å². The molecule has 4 nitrogen and oxygen atoms in total. The Morgan fingerprint density at radius 2 is 1.38 bits per heavy atom. The molecule has 0 spiro atoms. The largest absolute Gasteiger partial charge is 0.356 e. The number of nitrogens with one attached hydrogen (secondary N) is 2. The maximum Gasteiger partial charge on any atom is 0.222 e. The first kappa shape index (κ1) is 17.6. The molecule has 0 aliphatic rings. The van der Waals surface area contributed by atoms with Crippen LogP contribution in [0.2, 0.25) is 0 Å². The van der Waals surface area contributed by atoms with Crippen LogP contribution in [0.3, 0.4) is 0 Å². The average molecular weight is 332 g/mol.